The van der Waals surface area contributed by atoms with Crippen LogP contribution in [0, 0.1) is 0 Å². The average molecular weight is 412 g/mol. The normalized spacial score (nSPS) is 11.4. The SMILES string of the molecule is O=C(Nc1ccc(Br)cc1C(F)(F)F)c1cc(Br)c[nH]1. The van der Waals surface area contributed by atoms with Crippen LogP contribution in [0.4, 0.5) is 18.9 Å². The summed E-state index contributed by atoms with van der Waals surface area (Å²) < 4.78 is 39.6. The van der Waals surface area contributed by atoms with Crippen LogP contribution in [0.2, 0.25) is 0 Å². The van der Waals surface area contributed by atoms with E-state index in [1.54, 1.807) is 0 Å². The standard InChI is InChI=1S/C12H7Br2F3N2O/c13-6-1-2-9(8(3-6)12(15,16)17)19-11(20)10-4-7(14)5-18-10/h1-5,18H,(H,19,20). The summed E-state index contributed by atoms with van der Waals surface area (Å²) in [6.45, 7) is 0. The predicted octanol–water partition coefficient (Wildman–Crippen LogP) is 4.81. The third-order valence-electron chi connectivity index (χ3n) is 2.43. The summed E-state index contributed by atoms with van der Waals surface area (Å²) >= 11 is 6.12. The zero-order chi connectivity index (χ0) is 14.9. The minimum atomic E-state index is -4.55. The van der Waals surface area contributed by atoms with Crippen molar-refractivity contribution in [3.8, 4) is 0 Å². The van der Waals surface area contributed by atoms with Crippen LogP contribution in [-0.2, 0) is 6.18 Å². The molecule has 0 saturated carbocycles. The van der Waals surface area contributed by atoms with Crippen molar-refractivity contribution < 1.29 is 18.0 Å². The maximum atomic E-state index is 12.9. The Morgan fingerprint density at radius 3 is 2.40 bits per heavy atom. The maximum absolute atomic E-state index is 12.9. The van der Waals surface area contributed by atoms with Gasteiger partial charge in [0.05, 0.1) is 11.3 Å². The minimum absolute atomic E-state index is 0.160. The molecular weight excluding hydrogens is 405 g/mol. The van der Waals surface area contributed by atoms with Crippen LogP contribution in [0.5, 0.6) is 0 Å². The van der Waals surface area contributed by atoms with E-state index in [4.69, 9.17) is 0 Å². The molecule has 3 nitrogen and oxygen atoms in total. The Hall–Kier alpha value is -1.28. The molecule has 0 saturated heterocycles. The Balaban J connectivity index is 2.32. The van der Waals surface area contributed by atoms with Gasteiger partial charge in [-0.3, -0.25) is 4.79 Å². The Morgan fingerprint density at radius 2 is 1.85 bits per heavy atom. The lowest BCUT2D eigenvalue weighted by molar-refractivity contribution is -0.136. The number of H-pyrrole nitrogens is 1. The van der Waals surface area contributed by atoms with Crippen molar-refractivity contribution >= 4 is 43.5 Å². The zero-order valence-electron chi connectivity index (χ0n) is 9.68. The van der Waals surface area contributed by atoms with Crippen molar-refractivity contribution in [2.45, 2.75) is 6.18 Å². The van der Waals surface area contributed by atoms with Crippen LogP contribution < -0.4 is 5.32 Å². The van der Waals surface area contributed by atoms with Gasteiger partial charge in [0.25, 0.3) is 5.91 Å². The molecule has 0 aliphatic heterocycles. The second kappa shape index (κ2) is 5.61. The van der Waals surface area contributed by atoms with Crippen molar-refractivity contribution in [2.75, 3.05) is 5.32 Å². The van der Waals surface area contributed by atoms with Gasteiger partial charge in [-0.1, -0.05) is 15.9 Å². The molecule has 0 atom stereocenters. The van der Waals surface area contributed by atoms with Crippen LogP contribution in [0.15, 0.2) is 39.4 Å². The molecule has 1 aromatic carbocycles. The molecule has 2 aromatic rings. The first-order valence-electron chi connectivity index (χ1n) is 5.29. The number of carbonyl (C=O) groups is 1. The number of alkyl halides is 3. The van der Waals surface area contributed by atoms with Crippen molar-refractivity contribution in [3.05, 3.63) is 50.7 Å². The predicted molar refractivity (Wildman–Crippen MR) is 75.6 cm³/mol. The molecule has 2 N–H and O–H groups in total. The fourth-order valence-corrected chi connectivity index (χ4v) is 2.25. The van der Waals surface area contributed by atoms with Gasteiger partial charge in [-0.25, -0.2) is 0 Å². The minimum Gasteiger partial charge on any atom is -0.356 e. The number of hydrogen-bond donors (Lipinski definition) is 2. The zero-order valence-corrected chi connectivity index (χ0v) is 12.9. The van der Waals surface area contributed by atoms with Gasteiger partial charge in [-0.15, -0.1) is 0 Å². The van der Waals surface area contributed by atoms with Crippen LogP contribution in [0.3, 0.4) is 0 Å². The quantitative estimate of drug-likeness (QED) is 0.731. The van der Waals surface area contributed by atoms with E-state index in [2.05, 4.69) is 42.2 Å². The molecule has 1 aromatic heterocycles. The first kappa shape index (κ1) is 15.1. The van der Waals surface area contributed by atoms with Crippen LogP contribution in [0.25, 0.3) is 0 Å². The first-order chi connectivity index (χ1) is 9.27. The van der Waals surface area contributed by atoms with Crippen LogP contribution >= 0.6 is 31.9 Å². The molecule has 8 heteroatoms. The molecule has 0 spiro atoms. The molecule has 0 bridgehead atoms. The van der Waals surface area contributed by atoms with E-state index in [0.717, 1.165) is 6.07 Å². The number of aromatic nitrogens is 1. The van der Waals surface area contributed by atoms with Gasteiger partial charge >= 0.3 is 6.18 Å². The average Bonchev–Trinajstić information content (AvgIpc) is 2.77. The van der Waals surface area contributed by atoms with E-state index in [1.807, 2.05) is 0 Å². The van der Waals surface area contributed by atoms with Crippen molar-refractivity contribution in [2.24, 2.45) is 0 Å². The topological polar surface area (TPSA) is 44.9 Å². The second-order valence-corrected chi connectivity index (χ2v) is 5.70. The highest BCUT2D eigenvalue weighted by molar-refractivity contribution is 9.10. The summed E-state index contributed by atoms with van der Waals surface area (Å²) in [4.78, 5) is 14.5. The summed E-state index contributed by atoms with van der Waals surface area (Å²) in [6.07, 6.45) is -3.04. The largest absolute Gasteiger partial charge is 0.418 e. The number of rotatable bonds is 2. The number of hydrogen-bond acceptors (Lipinski definition) is 1. The summed E-state index contributed by atoms with van der Waals surface area (Å²) in [5.74, 6) is -0.650. The number of aromatic amines is 1. The second-order valence-electron chi connectivity index (χ2n) is 3.87. The molecule has 2 rings (SSSR count). The first-order valence-corrected chi connectivity index (χ1v) is 6.88. The third-order valence-corrected chi connectivity index (χ3v) is 3.38. The third kappa shape index (κ3) is 3.43. The highest BCUT2D eigenvalue weighted by Gasteiger charge is 2.34. The molecule has 0 unspecified atom stereocenters. The number of benzene rings is 1. The monoisotopic (exact) mass is 410 g/mol. The van der Waals surface area contributed by atoms with Gasteiger partial charge < -0.3 is 10.3 Å². The lowest BCUT2D eigenvalue weighted by atomic mass is 10.1. The molecule has 1 amide bonds. The highest BCUT2D eigenvalue weighted by atomic mass is 79.9. The Morgan fingerprint density at radius 1 is 1.15 bits per heavy atom. The number of halogens is 5. The number of carbonyl (C=O) groups excluding carboxylic acids is 1. The fourth-order valence-electron chi connectivity index (χ4n) is 1.55. The molecular formula is C12H7Br2F3N2O. The van der Waals surface area contributed by atoms with E-state index in [9.17, 15) is 18.0 Å². The van der Waals surface area contributed by atoms with Gasteiger partial charge in [-0.05, 0) is 40.2 Å². The summed E-state index contributed by atoms with van der Waals surface area (Å²) in [5.41, 5.74) is -1.05. The molecule has 0 radical (unpaired) electrons. The lowest BCUT2D eigenvalue weighted by Gasteiger charge is -2.13. The van der Waals surface area contributed by atoms with Gasteiger partial charge in [0.15, 0.2) is 0 Å². The van der Waals surface area contributed by atoms with E-state index < -0.39 is 17.6 Å². The molecule has 20 heavy (non-hydrogen) atoms. The van der Waals surface area contributed by atoms with Crippen molar-refractivity contribution in [3.63, 3.8) is 0 Å². The smallest absolute Gasteiger partial charge is 0.356 e. The maximum Gasteiger partial charge on any atom is 0.418 e. The van der Waals surface area contributed by atoms with Gasteiger partial charge in [0, 0.05) is 15.1 Å². The Labute approximate surface area is 128 Å². The Bertz CT molecular complexity index is 652. The van der Waals surface area contributed by atoms with Gasteiger partial charge in [-0.2, -0.15) is 13.2 Å². The van der Waals surface area contributed by atoms with E-state index in [-0.39, 0.29) is 15.9 Å². The summed E-state index contributed by atoms with van der Waals surface area (Å²) in [7, 11) is 0. The fraction of sp³-hybridized carbons (Fsp3) is 0.0833. The van der Waals surface area contributed by atoms with E-state index in [0.29, 0.717) is 4.47 Å². The van der Waals surface area contributed by atoms with E-state index in [1.165, 1.54) is 24.4 Å². The number of nitrogens with one attached hydrogen (secondary N) is 2. The van der Waals surface area contributed by atoms with Crippen LogP contribution in [-0.4, -0.2) is 10.9 Å². The highest BCUT2D eigenvalue weighted by Crippen LogP contribution is 2.36. The summed E-state index contributed by atoms with van der Waals surface area (Å²) in [5, 5.41) is 2.24. The van der Waals surface area contributed by atoms with Crippen molar-refractivity contribution in [1.82, 2.24) is 4.98 Å². The molecule has 0 fully saturated rings. The van der Waals surface area contributed by atoms with Gasteiger partial charge in [0.1, 0.15) is 5.69 Å². The van der Waals surface area contributed by atoms with Crippen LogP contribution in [0.1, 0.15) is 16.1 Å². The molecule has 0 aliphatic carbocycles. The Kier molecular flexibility index (Phi) is 4.24. The lowest BCUT2D eigenvalue weighted by Crippen LogP contribution is -2.17. The van der Waals surface area contributed by atoms with Gasteiger partial charge in [0.2, 0.25) is 0 Å². The molecule has 0 aliphatic rings. The molecule has 106 valence electrons. The summed E-state index contributed by atoms with van der Waals surface area (Å²) in [6, 6.07) is 5.01. The van der Waals surface area contributed by atoms with Crippen molar-refractivity contribution in [1.29, 1.82) is 0 Å². The number of amides is 1. The molecule has 1 heterocycles. The van der Waals surface area contributed by atoms with E-state index >= 15 is 0 Å². The number of anilines is 1.